The van der Waals surface area contributed by atoms with Crippen molar-refractivity contribution in [3.05, 3.63) is 0 Å². The quantitative estimate of drug-likeness (QED) is 0.145. The maximum atomic E-state index is 10.7. The number of hydrogen-bond donors (Lipinski definition) is 9. The number of carbonyl (C=O) groups is 3. The van der Waals surface area contributed by atoms with Crippen LogP contribution in [0.25, 0.3) is 0 Å². The highest BCUT2D eigenvalue weighted by Gasteiger charge is 2.48. The molecule has 15 heteroatoms. The fourth-order valence-electron chi connectivity index (χ4n) is 2.90. The highest BCUT2D eigenvalue weighted by atomic mass is 35.5. The second-order valence-electron chi connectivity index (χ2n) is 6.02. The van der Waals surface area contributed by atoms with E-state index in [1.807, 2.05) is 0 Å². The van der Waals surface area contributed by atoms with Gasteiger partial charge in [0.05, 0.1) is 55.8 Å². The summed E-state index contributed by atoms with van der Waals surface area (Å²) in [6.45, 7) is -0.700. The second-order valence-corrected chi connectivity index (χ2v) is 6.02. The summed E-state index contributed by atoms with van der Waals surface area (Å²) >= 11 is 0. The van der Waals surface area contributed by atoms with Gasteiger partial charge in [0, 0.05) is 13.1 Å². The summed E-state index contributed by atoms with van der Waals surface area (Å²) in [5, 5.41) is 65.1. The average molecular weight is 489 g/mol. The van der Waals surface area contributed by atoms with Crippen molar-refractivity contribution < 1.29 is 45.0 Å². The average Bonchev–Trinajstić information content (AvgIpc) is 2.53. The Morgan fingerprint density at radius 3 is 1.17 bits per heavy atom. The number of aliphatic hydroxyl groups is 3. The van der Waals surface area contributed by atoms with E-state index in [2.05, 4.69) is 16.0 Å². The number of aliphatic hydroxyl groups excluding tert-OH is 3. The maximum absolute atomic E-state index is 10.7. The van der Waals surface area contributed by atoms with Gasteiger partial charge in [0.2, 0.25) is 0 Å². The van der Waals surface area contributed by atoms with Crippen molar-refractivity contribution >= 4 is 55.1 Å². The minimum absolute atomic E-state index is 0. The topological polar surface area (TPSA) is 209 Å². The molecule has 1 fully saturated rings. The molecule has 1 aliphatic rings. The van der Waals surface area contributed by atoms with Gasteiger partial charge in [0.15, 0.2) is 0 Å². The van der Waals surface area contributed by atoms with Crippen LogP contribution in [0.15, 0.2) is 0 Å². The van der Waals surface area contributed by atoms with Crippen LogP contribution in [0.5, 0.6) is 0 Å². The highest BCUT2D eigenvalue weighted by Crippen LogP contribution is 2.22. The van der Waals surface area contributed by atoms with Crippen molar-refractivity contribution in [2.24, 2.45) is 0 Å². The lowest BCUT2D eigenvalue weighted by molar-refractivity contribution is -0.139. The molecule has 0 spiro atoms. The minimum atomic E-state index is -1.41. The normalized spacial score (nSPS) is 28.2. The van der Waals surface area contributed by atoms with Crippen LogP contribution in [-0.2, 0) is 14.4 Å². The van der Waals surface area contributed by atoms with Crippen LogP contribution in [0.4, 0.5) is 0 Å². The Balaban J connectivity index is -0.00000225. The van der Waals surface area contributed by atoms with E-state index < -0.39 is 60.9 Å². The summed E-state index contributed by atoms with van der Waals surface area (Å²) in [4.78, 5) is 32.0. The first-order chi connectivity index (χ1) is 12.1. The minimum Gasteiger partial charge on any atom is -0.481 e. The van der Waals surface area contributed by atoms with E-state index in [0.29, 0.717) is 0 Å². The number of nitrogens with one attached hydrogen (secondary N) is 3. The summed E-state index contributed by atoms with van der Waals surface area (Å²) in [6.07, 6.45) is -4.74. The lowest BCUT2D eigenvalue weighted by Gasteiger charge is -2.47. The Morgan fingerprint density at radius 1 is 0.586 bits per heavy atom. The van der Waals surface area contributed by atoms with E-state index in [1.165, 1.54) is 0 Å². The first-order valence-corrected chi connectivity index (χ1v) is 8.05. The Labute approximate surface area is 185 Å². The summed E-state index contributed by atoms with van der Waals surface area (Å²) in [6, 6.07) is -3.27. The molecule has 0 aromatic heterocycles. The third-order valence-corrected chi connectivity index (χ3v) is 4.13. The smallest absolute Gasteiger partial charge is 0.317 e. The molecule has 174 valence electrons. The van der Waals surface area contributed by atoms with Crippen LogP contribution in [0.3, 0.4) is 0 Å². The first-order valence-electron chi connectivity index (χ1n) is 8.05. The number of aliphatic carboxylic acids is 3. The largest absolute Gasteiger partial charge is 0.481 e. The third-order valence-electron chi connectivity index (χ3n) is 4.13. The van der Waals surface area contributed by atoms with Crippen LogP contribution in [0.1, 0.15) is 12.8 Å². The van der Waals surface area contributed by atoms with Gasteiger partial charge in [-0.25, -0.2) is 0 Å². The lowest BCUT2D eigenvalue weighted by atomic mass is 9.79. The molecule has 0 saturated heterocycles. The van der Waals surface area contributed by atoms with Crippen molar-refractivity contribution in [3.8, 4) is 0 Å². The van der Waals surface area contributed by atoms with Gasteiger partial charge >= 0.3 is 17.9 Å². The van der Waals surface area contributed by atoms with Crippen molar-refractivity contribution in [3.63, 3.8) is 0 Å². The van der Waals surface area contributed by atoms with Crippen molar-refractivity contribution in [2.75, 3.05) is 19.6 Å². The fourth-order valence-corrected chi connectivity index (χ4v) is 2.90. The van der Waals surface area contributed by atoms with E-state index in [-0.39, 0.29) is 63.2 Å². The number of carboxylic acids is 3. The number of rotatable bonds is 11. The second kappa shape index (κ2) is 15.8. The van der Waals surface area contributed by atoms with E-state index >= 15 is 0 Å². The van der Waals surface area contributed by atoms with Crippen LogP contribution in [0, 0.1) is 0 Å². The molecular weight excluding hydrogens is 461 g/mol. The van der Waals surface area contributed by atoms with Gasteiger partial charge < -0.3 is 41.3 Å². The van der Waals surface area contributed by atoms with Gasteiger partial charge in [-0.15, -0.1) is 37.2 Å². The number of halogens is 3. The SMILES string of the molecule is Cl.Cl.Cl.O=C(O)CCN[C@@H]1[C@H](O)[C@@H](NCCC(=O)O)[C@H](O)[C@H](NCC(=O)O)[C@@H]1O. The van der Waals surface area contributed by atoms with Crippen LogP contribution >= 0.6 is 37.2 Å². The van der Waals surface area contributed by atoms with Crippen molar-refractivity contribution in [1.29, 1.82) is 0 Å². The number of carboxylic acid groups (broad SMARTS) is 3. The summed E-state index contributed by atoms with van der Waals surface area (Å²) in [5.41, 5.74) is 0. The molecule has 29 heavy (non-hydrogen) atoms. The molecular formula is C14H28Cl3N3O9. The van der Waals surface area contributed by atoms with Gasteiger partial charge in [-0.3, -0.25) is 19.7 Å². The fraction of sp³-hybridized carbons (Fsp3) is 0.786. The molecule has 0 radical (unpaired) electrons. The summed E-state index contributed by atoms with van der Waals surface area (Å²) in [7, 11) is 0. The molecule has 0 aromatic carbocycles. The molecule has 0 heterocycles. The molecule has 0 aromatic rings. The van der Waals surface area contributed by atoms with E-state index in [0.717, 1.165) is 0 Å². The molecule has 0 unspecified atom stereocenters. The van der Waals surface area contributed by atoms with Crippen molar-refractivity contribution in [1.82, 2.24) is 16.0 Å². The van der Waals surface area contributed by atoms with Crippen LogP contribution in [0.2, 0.25) is 0 Å². The van der Waals surface area contributed by atoms with E-state index in [1.54, 1.807) is 0 Å². The summed E-state index contributed by atoms with van der Waals surface area (Å²) < 4.78 is 0. The molecule has 1 aliphatic carbocycles. The molecule has 0 bridgehead atoms. The van der Waals surface area contributed by atoms with Crippen LogP contribution in [-0.4, -0.2) is 105 Å². The van der Waals surface area contributed by atoms with Gasteiger partial charge in [0.25, 0.3) is 0 Å². The molecule has 1 rings (SSSR count). The zero-order valence-corrected chi connectivity index (χ0v) is 17.6. The van der Waals surface area contributed by atoms with Gasteiger partial charge in [0.1, 0.15) is 0 Å². The Kier molecular flexibility index (Phi) is 17.8. The summed E-state index contributed by atoms with van der Waals surface area (Å²) in [5.74, 6) is -3.40. The van der Waals surface area contributed by atoms with Crippen LogP contribution < -0.4 is 16.0 Å². The zero-order chi connectivity index (χ0) is 19.9. The Morgan fingerprint density at radius 2 is 0.897 bits per heavy atom. The first kappa shape index (κ1) is 32.7. The van der Waals surface area contributed by atoms with Gasteiger partial charge in [-0.05, 0) is 0 Å². The molecule has 0 aliphatic heterocycles. The Bertz CT molecular complexity index is 484. The third kappa shape index (κ3) is 10.6. The van der Waals surface area contributed by atoms with Gasteiger partial charge in [-0.2, -0.15) is 0 Å². The van der Waals surface area contributed by atoms with E-state index in [4.69, 9.17) is 15.3 Å². The maximum Gasteiger partial charge on any atom is 0.317 e. The number of hydrogen-bond acceptors (Lipinski definition) is 9. The highest BCUT2D eigenvalue weighted by molar-refractivity contribution is 5.86. The van der Waals surface area contributed by atoms with Crippen molar-refractivity contribution in [2.45, 2.75) is 49.3 Å². The monoisotopic (exact) mass is 487 g/mol. The zero-order valence-electron chi connectivity index (χ0n) is 15.1. The molecule has 9 N–H and O–H groups in total. The van der Waals surface area contributed by atoms with Gasteiger partial charge in [-0.1, -0.05) is 0 Å². The molecule has 6 atom stereocenters. The van der Waals surface area contributed by atoms with E-state index in [9.17, 15) is 29.7 Å². The lowest BCUT2D eigenvalue weighted by Crippen LogP contribution is -2.74. The Hall–Kier alpha value is -0.960. The molecule has 12 nitrogen and oxygen atoms in total. The molecule has 0 amide bonds. The standard InChI is InChI=1S/C14H25N3O9.3ClH/c18-6(19)1-3-15-9-12(24)10(16-4-2-7(20)21)14(26)11(13(9)25)17-5-8(22)23;;;/h9-17,24-26H,1-5H2,(H,18,19)(H,20,21)(H,22,23);3*1H/t9-,10-,11-,12+,13-,14+;;;/m1.../s1. The predicted octanol–water partition coefficient (Wildman–Crippen LogP) is -2.74. The predicted molar refractivity (Wildman–Crippen MR) is 107 cm³/mol. The molecule has 1 saturated carbocycles.